The Hall–Kier alpha value is -5.41. The number of aromatic amines is 1. The van der Waals surface area contributed by atoms with E-state index in [4.69, 9.17) is 20.4 Å². The van der Waals surface area contributed by atoms with Gasteiger partial charge in [-0.1, -0.05) is 36.4 Å². The Morgan fingerprint density at radius 2 is 1.79 bits per heavy atom. The molecule has 206 valence electrons. The van der Waals surface area contributed by atoms with E-state index in [1.54, 1.807) is 18.5 Å². The maximum absolute atomic E-state index is 13.0. The van der Waals surface area contributed by atoms with Crippen LogP contribution in [0.2, 0.25) is 0 Å². The first-order valence-corrected chi connectivity index (χ1v) is 13.8. The summed E-state index contributed by atoms with van der Waals surface area (Å²) >= 11 is 0. The normalized spacial score (nSPS) is 14.8. The Kier molecular flexibility index (Phi) is 6.61. The molecule has 42 heavy (non-hydrogen) atoms. The molecule has 4 aromatic heterocycles. The summed E-state index contributed by atoms with van der Waals surface area (Å²) in [6, 6.07) is 26.6. The standard InChI is InChI=1S/C33H27N7O2/c34-26-18-21-7-5-8-23(17-21)40(16-13-22-20-37-27-11-2-1-9-24(22)27)30-19-29(25-10-6-15-36-32(25)42-33(26)41)38-31(39-30)28-12-3-4-14-35-28/h1-12,14-15,17,19-20,26,37H,13,16,18,34H2. The molecule has 4 bridgehead atoms. The van der Waals surface area contributed by atoms with Gasteiger partial charge in [0.25, 0.3) is 0 Å². The topological polar surface area (TPSA) is 123 Å². The lowest BCUT2D eigenvalue weighted by atomic mass is 10.0. The molecule has 9 heteroatoms. The number of anilines is 2. The summed E-state index contributed by atoms with van der Waals surface area (Å²) in [6.45, 7) is 0.630. The smallest absolute Gasteiger partial charge is 0.329 e. The highest BCUT2D eigenvalue weighted by Gasteiger charge is 2.24. The maximum atomic E-state index is 13.0. The van der Waals surface area contributed by atoms with Crippen LogP contribution < -0.4 is 15.4 Å². The highest BCUT2D eigenvalue weighted by Crippen LogP contribution is 2.34. The van der Waals surface area contributed by atoms with Crippen LogP contribution in [0.25, 0.3) is 33.7 Å². The fraction of sp³-hybridized carbons (Fsp3) is 0.121. The summed E-state index contributed by atoms with van der Waals surface area (Å²) in [5.74, 6) is 0.715. The van der Waals surface area contributed by atoms with E-state index in [-0.39, 0.29) is 5.88 Å². The number of esters is 1. The van der Waals surface area contributed by atoms with Crippen LogP contribution in [0.15, 0.2) is 104 Å². The second-order valence-electron chi connectivity index (χ2n) is 10.2. The Labute approximate surface area is 242 Å². The molecule has 7 rings (SSSR count). The number of aromatic nitrogens is 5. The van der Waals surface area contributed by atoms with Gasteiger partial charge in [0.15, 0.2) is 5.82 Å². The zero-order chi connectivity index (χ0) is 28.5. The minimum Gasteiger partial charge on any atom is -0.406 e. The fourth-order valence-electron chi connectivity index (χ4n) is 5.29. The number of nitrogens with two attached hydrogens (primary N) is 1. The predicted molar refractivity (Wildman–Crippen MR) is 161 cm³/mol. The lowest BCUT2D eigenvalue weighted by Gasteiger charge is -2.25. The summed E-state index contributed by atoms with van der Waals surface area (Å²) in [7, 11) is 0. The van der Waals surface area contributed by atoms with E-state index >= 15 is 0 Å². The molecule has 9 nitrogen and oxygen atoms in total. The van der Waals surface area contributed by atoms with E-state index in [0.29, 0.717) is 41.6 Å². The van der Waals surface area contributed by atoms with Crippen molar-refractivity contribution in [2.45, 2.75) is 18.9 Å². The zero-order valence-electron chi connectivity index (χ0n) is 22.6. The van der Waals surface area contributed by atoms with Crippen LogP contribution in [-0.4, -0.2) is 43.5 Å². The van der Waals surface area contributed by atoms with E-state index in [9.17, 15) is 4.79 Å². The zero-order valence-corrected chi connectivity index (χ0v) is 22.6. The Morgan fingerprint density at radius 3 is 2.69 bits per heavy atom. The number of nitrogens with one attached hydrogen (secondary N) is 1. The minimum atomic E-state index is -0.867. The average Bonchev–Trinajstić information content (AvgIpc) is 3.44. The van der Waals surface area contributed by atoms with Crippen LogP contribution in [-0.2, 0) is 17.6 Å². The minimum absolute atomic E-state index is 0.144. The largest absolute Gasteiger partial charge is 0.406 e. The quantitative estimate of drug-likeness (QED) is 0.284. The van der Waals surface area contributed by atoms with Crippen molar-refractivity contribution in [3.05, 3.63) is 115 Å². The van der Waals surface area contributed by atoms with Gasteiger partial charge in [0.1, 0.15) is 17.6 Å². The molecule has 6 aromatic rings. The summed E-state index contributed by atoms with van der Waals surface area (Å²) in [5.41, 5.74) is 12.2. The molecule has 0 saturated heterocycles. The fourth-order valence-corrected chi connectivity index (χ4v) is 5.29. The molecular formula is C33H27N7O2. The highest BCUT2D eigenvalue weighted by atomic mass is 16.5. The van der Waals surface area contributed by atoms with E-state index in [1.165, 1.54) is 10.9 Å². The van der Waals surface area contributed by atoms with Crippen molar-refractivity contribution in [1.82, 2.24) is 24.9 Å². The second kappa shape index (κ2) is 10.9. The Morgan fingerprint density at radius 1 is 0.905 bits per heavy atom. The number of carbonyl (C=O) groups is 1. The van der Waals surface area contributed by atoms with Crippen LogP contribution in [0.4, 0.5) is 11.5 Å². The van der Waals surface area contributed by atoms with Gasteiger partial charge in [-0.25, -0.2) is 19.7 Å². The number of carbonyl (C=O) groups excluding carboxylic acids is 1. The molecule has 0 saturated carbocycles. The molecule has 5 heterocycles. The van der Waals surface area contributed by atoms with Crippen LogP contribution >= 0.6 is 0 Å². The Bertz CT molecular complexity index is 1900. The van der Waals surface area contributed by atoms with Crippen molar-refractivity contribution in [1.29, 1.82) is 0 Å². The van der Waals surface area contributed by atoms with Crippen molar-refractivity contribution < 1.29 is 9.53 Å². The number of pyridine rings is 2. The molecule has 0 fully saturated rings. The van der Waals surface area contributed by atoms with Crippen molar-refractivity contribution in [3.8, 4) is 28.7 Å². The number of ether oxygens (including phenoxy) is 1. The Balaban J connectivity index is 1.42. The van der Waals surface area contributed by atoms with Gasteiger partial charge in [0.2, 0.25) is 5.88 Å². The molecule has 1 unspecified atom stereocenters. The molecule has 0 spiro atoms. The van der Waals surface area contributed by atoms with Gasteiger partial charge in [-0.3, -0.25) is 4.98 Å². The first kappa shape index (κ1) is 25.6. The number of H-pyrrole nitrogens is 1. The summed E-state index contributed by atoms with van der Waals surface area (Å²) in [6.07, 6.45) is 6.42. The van der Waals surface area contributed by atoms with Crippen LogP contribution in [0.5, 0.6) is 5.88 Å². The SMILES string of the molecule is NC1Cc2cccc(c2)N(CCc2c[nH]c3ccccc23)c2cc(nc(-c3ccccn3)n2)-c2cccnc2OC1=O. The van der Waals surface area contributed by atoms with E-state index in [2.05, 4.69) is 44.2 Å². The first-order chi connectivity index (χ1) is 20.6. The molecule has 0 amide bonds. The number of hydrogen-bond acceptors (Lipinski definition) is 8. The van der Waals surface area contributed by atoms with Crippen molar-refractivity contribution in [2.24, 2.45) is 5.73 Å². The molecular weight excluding hydrogens is 526 g/mol. The van der Waals surface area contributed by atoms with Gasteiger partial charge in [-0.05, 0) is 66.4 Å². The highest BCUT2D eigenvalue weighted by molar-refractivity contribution is 5.84. The van der Waals surface area contributed by atoms with Gasteiger partial charge < -0.3 is 20.4 Å². The maximum Gasteiger partial charge on any atom is 0.329 e. The lowest BCUT2D eigenvalue weighted by molar-refractivity contribution is -0.136. The molecule has 1 aliphatic heterocycles. The van der Waals surface area contributed by atoms with E-state index in [0.717, 1.165) is 23.2 Å². The monoisotopic (exact) mass is 553 g/mol. The molecule has 1 atom stereocenters. The van der Waals surface area contributed by atoms with E-state index in [1.807, 2.05) is 60.7 Å². The molecule has 0 aliphatic carbocycles. The number of nitrogens with zero attached hydrogens (tertiary/aromatic N) is 5. The molecule has 1 aliphatic rings. The summed E-state index contributed by atoms with van der Waals surface area (Å²) in [5, 5.41) is 1.19. The number of fused-ring (bicyclic) bond motifs is 7. The predicted octanol–water partition coefficient (Wildman–Crippen LogP) is 5.25. The molecule has 2 aromatic carbocycles. The van der Waals surface area contributed by atoms with Gasteiger partial charge >= 0.3 is 5.97 Å². The second-order valence-corrected chi connectivity index (χ2v) is 10.2. The van der Waals surface area contributed by atoms with Crippen LogP contribution in [0.1, 0.15) is 11.1 Å². The summed E-state index contributed by atoms with van der Waals surface area (Å²) < 4.78 is 5.73. The molecule has 0 radical (unpaired) electrons. The van der Waals surface area contributed by atoms with Crippen LogP contribution in [0.3, 0.4) is 0 Å². The number of hydrogen-bond donors (Lipinski definition) is 2. The van der Waals surface area contributed by atoms with E-state index < -0.39 is 12.0 Å². The van der Waals surface area contributed by atoms with Gasteiger partial charge in [0, 0.05) is 47.8 Å². The van der Waals surface area contributed by atoms with Gasteiger partial charge in [-0.15, -0.1) is 0 Å². The van der Waals surface area contributed by atoms with Crippen LogP contribution in [0, 0.1) is 0 Å². The average molecular weight is 554 g/mol. The number of para-hydroxylation sites is 1. The van der Waals surface area contributed by atoms with Crippen molar-refractivity contribution in [2.75, 3.05) is 11.4 Å². The van der Waals surface area contributed by atoms with Gasteiger partial charge in [0.05, 0.1) is 11.3 Å². The number of rotatable bonds is 4. The first-order valence-electron chi connectivity index (χ1n) is 13.8. The third kappa shape index (κ3) is 4.97. The van der Waals surface area contributed by atoms with Crippen molar-refractivity contribution in [3.63, 3.8) is 0 Å². The third-order valence-corrected chi connectivity index (χ3v) is 7.39. The molecule has 3 N–H and O–H groups in total. The number of benzene rings is 2. The third-order valence-electron chi connectivity index (χ3n) is 7.39. The lowest BCUT2D eigenvalue weighted by Crippen LogP contribution is -2.36. The summed E-state index contributed by atoms with van der Waals surface area (Å²) in [4.78, 5) is 37.4. The van der Waals surface area contributed by atoms with Crippen molar-refractivity contribution >= 4 is 28.4 Å². The van der Waals surface area contributed by atoms with Gasteiger partial charge in [-0.2, -0.15) is 0 Å².